The highest BCUT2D eigenvalue weighted by Gasteiger charge is 2.22. The monoisotopic (exact) mass is 276 g/mol. The molecule has 0 fully saturated rings. The van der Waals surface area contributed by atoms with Crippen molar-refractivity contribution in [3.8, 4) is 0 Å². The molecule has 1 atom stereocenters. The summed E-state index contributed by atoms with van der Waals surface area (Å²) in [5.41, 5.74) is 5.53. The van der Waals surface area contributed by atoms with Crippen molar-refractivity contribution >= 4 is 5.91 Å². The summed E-state index contributed by atoms with van der Waals surface area (Å²) in [5.74, 6) is 1.46. The Morgan fingerprint density at radius 1 is 1.20 bits per heavy atom. The van der Waals surface area contributed by atoms with E-state index < -0.39 is 0 Å². The molecule has 2 heterocycles. The molecule has 0 radical (unpaired) electrons. The second-order valence-electron chi connectivity index (χ2n) is 4.83. The van der Waals surface area contributed by atoms with Crippen molar-refractivity contribution in [3.63, 3.8) is 0 Å². The first-order valence-corrected chi connectivity index (χ1v) is 6.74. The van der Waals surface area contributed by atoms with Crippen LogP contribution in [0, 0.1) is 5.92 Å². The highest BCUT2D eigenvalue weighted by atomic mass is 16.3. The predicted octanol–water partition coefficient (Wildman–Crippen LogP) is 2.39. The van der Waals surface area contributed by atoms with Gasteiger partial charge in [0.1, 0.15) is 11.5 Å². The van der Waals surface area contributed by atoms with Gasteiger partial charge in [0.15, 0.2) is 0 Å². The Morgan fingerprint density at radius 2 is 1.75 bits per heavy atom. The maximum atomic E-state index is 12.5. The van der Waals surface area contributed by atoms with E-state index in [9.17, 15) is 4.79 Å². The van der Waals surface area contributed by atoms with Gasteiger partial charge < -0.3 is 19.5 Å². The Morgan fingerprint density at radius 3 is 2.15 bits per heavy atom. The van der Waals surface area contributed by atoms with Crippen molar-refractivity contribution in [1.29, 1.82) is 0 Å². The summed E-state index contributed by atoms with van der Waals surface area (Å²) in [6.07, 6.45) is 3.88. The van der Waals surface area contributed by atoms with Crippen molar-refractivity contribution in [1.82, 2.24) is 4.90 Å². The van der Waals surface area contributed by atoms with Gasteiger partial charge in [0.05, 0.1) is 25.6 Å². The standard InChI is InChI=1S/C15H20N2O3/c1-12(6-7-16)15(18)17(10-13-4-2-8-19-13)11-14-5-3-9-20-14/h2-5,8-9,12H,6-7,10-11,16H2,1H3. The SMILES string of the molecule is CC(CCN)C(=O)N(Cc1ccco1)Cc1ccco1. The summed E-state index contributed by atoms with van der Waals surface area (Å²) < 4.78 is 10.6. The summed E-state index contributed by atoms with van der Waals surface area (Å²) >= 11 is 0. The number of nitrogens with zero attached hydrogens (tertiary/aromatic N) is 1. The summed E-state index contributed by atoms with van der Waals surface area (Å²) in [5, 5.41) is 0. The van der Waals surface area contributed by atoms with Gasteiger partial charge in [-0.25, -0.2) is 0 Å². The maximum absolute atomic E-state index is 12.5. The fourth-order valence-corrected chi connectivity index (χ4v) is 2.08. The lowest BCUT2D eigenvalue weighted by Crippen LogP contribution is -2.34. The van der Waals surface area contributed by atoms with E-state index >= 15 is 0 Å². The van der Waals surface area contributed by atoms with Crippen LogP contribution in [0.3, 0.4) is 0 Å². The molecule has 5 nitrogen and oxygen atoms in total. The Kier molecular flexibility index (Phi) is 5.01. The molecule has 0 aliphatic rings. The molecule has 2 aromatic heterocycles. The van der Waals surface area contributed by atoms with Crippen LogP contribution in [-0.2, 0) is 17.9 Å². The number of amides is 1. The molecule has 0 saturated heterocycles. The molecule has 20 heavy (non-hydrogen) atoms. The minimum atomic E-state index is -0.107. The van der Waals surface area contributed by atoms with E-state index in [4.69, 9.17) is 14.6 Å². The first-order valence-electron chi connectivity index (χ1n) is 6.74. The number of hydrogen-bond donors (Lipinski definition) is 1. The van der Waals surface area contributed by atoms with Crippen molar-refractivity contribution < 1.29 is 13.6 Å². The lowest BCUT2D eigenvalue weighted by atomic mass is 10.1. The Labute approximate surface area is 118 Å². The van der Waals surface area contributed by atoms with Gasteiger partial charge in [0.2, 0.25) is 5.91 Å². The smallest absolute Gasteiger partial charge is 0.226 e. The van der Waals surface area contributed by atoms with E-state index in [1.54, 1.807) is 17.4 Å². The number of carbonyl (C=O) groups is 1. The molecule has 108 valence electrons. The zero-order valence-electron chi connectivity index (χ0n) is 11.6. The van der Waals surface area contributed by atoms with Crippen LogP contribution in [0.15, 0.2) is 45.6 Å². The van der Waals surface area contributed by atoms with Crippen molar-refractivity contribution in [3.05, 3.63) is 48.3 Å². The van der Waals surface area contributed by atoms with Crippen LogP contribution in [-0.4, -0.2) is 17.4 Å². The van der Waals surface area contributed by atoms with E-state index in [0.29, 0.717) is 26.1 Å². The van der Waals surface area contributed by atoms with Gasteiger partial charge in [-0.1, -0.05) is 6.92 Å². The van der Waals surface area contributed by atoms with E-state index in [1.807, 2.05) is 31.2 Å². The Bertz CT molecular complexity index is 469. The number of furan rings is 2. The van der Waals surface area contributed by atoms with Crippen LogP contribution in [0.2, 0.25) is 0 Å². The molecule has 1 unspecified atom stereocenters. The molecule has 1 amide bonds. The summed E-state index contributed by atoms with van der Waals surface area (Å²) in [7, 11) is 0. The maximum Gasteiger partial charge on any atom is 0.226 e. The predicted molar refractivity (Wildman–Crippen MR) is 74.5 cm³/mol. The third-order valence-corrected chi connectivity index (χ3v) is 3.19. The minimum absolute atomic E-state index is 0.0586. The molecule has 0 saturated carbocycles. The van der Waals surface area contributed by atoms with Gasteiger partial charge in [-0.2, -0.15) is 0 Å². The van der Waals surface area contributed by atoms with Crippen LogP contribution in [0.25, 0.3) is 0 Å². The highest BCUT2D eigenvalue weighted by molar-refractivity contribution is 5.78. The summed E-state index contributed by atoms with van der Waals surface area (Å²) in [4.78, 5) is 14.2. The topological polar surface area (TPSA) is 72.6 Å². The van der Waals surface area contributed by atoms with E-state index in [2.05, 4.69) is 0 Å². The molecule has 0 spiro atoms. The van der Waals surface area contributed by atoms with Gasteiger partial charge in [0, 0.05) is 5.92 Å². The van der Waals surface area contributed by atoms with Crippen LogP contribution < -0.4 is 5.73 Å². The van der Waals surface area contributed by atoms with Gasteiger partial charge in [-0.15, -0.1) is 0 Å². The van der Waals surface area contributed by atoms with E-state index in [0.717, 1.165) is 11.5 Å². The van der Waals surface area contributed by atoms with E-state index in [-0.39, 0.29) is 11.8 Å². The zero-order valence-corrected chi connectivity index (χ0v) is 11.6. The van der Waals surface area contributed by atoms with Crippen molar-refractivity contribution in [2.24, 2.45) is 11.7 Å². The van der Waals surface area contributed by atoms with Crippen LogP contribution >= 0.6 is 0 Å². The van der Waals surface area contributed by atoms with Crippen molar-refractivity contribution in [2.45, 2.75) is 26.4 Å². The number of nitrogens with two attached hydrogens (primary N) is 1. The summed E-state index contributed by atoms with van der Waals surface area (Å²) in [6, 6.07) is 7.34. The number of carbonyl (C=O) groups excluding carboxylic acids is 1. The van der Waals surface area contributed by atoms with Gasteiger partial charge in [-0.05, 0) is 37.2 Å². The second kappa shape index (κ2) is 6.96. The van der Waals surface area contributed by atoms with Gasteiger partial charge >= 0.3 is 0 Å². The fraction of sp³-hybridized carbons (Fsp3) is 0.400. The molecule has 2 aromatic rings. The average molecular weight is 276 g/mol. The highest BCUT2D eigenvalue weighted by Crippen LogP contribution is 2.15. The van der Waals surface area contributed by atoms with Gasteiger partial charge in [-0.3, -0.25) is 4.79 Å². The lowest BCUT2D eigenvalue weighted by molar-refractivity contribution is -0.137. The van der Waals surface area contributed by atoms with Gasteiger partial charge in [0.25, 0.3) is 0 Å². The van der Waals surface area contributed by atoms with Crippen molar-refractivity contribution in [2.75, 3.05) is 6.54 Å². The largest absolute Gasteiger partial charge is 0.467 e. The molecule has 0 aromatic carbocycles. The first-order chi connectivity index (χ1) is 9.70. The molecular weight excluding hydrogens is 256 g/mol. The van der Waals surface area contributed by atoms with Crippen LogP contribution in [0.1, 0.15) is 24.9 Å². The first kappa shape index (κ1) is 14.4. The molecule has 5 heteroatoms. The third kappa shape index (κ3) is 3.74. The average Bonchev–Trinajstić information content (AvgIpc) is 3.10. The third-order valence-electron chi connectivity index (χ3n) is 3.19. The normalized spacial score (nSPS) is 12.3. The lowest BCUT2D eigenvalue weighted by Gasteiger charge is -2.24. The number of rotatable bonds is 7. The quantitative estimate of drug-likeness (QED) is 0.842. The zero-order chi connectivity index (χ0) is 14.4. The molecule has 2 N–H and O–H groups in total. The molecule has 0 aliphatic heterocycles. The minimum Gasteiger partial charge on any atom is -0.467 e. The summed E-state index contributed by atoms with van der Waals surface area (Å²) in [6.45, 7) is 3.26. The fourth-order valence-electron chi connectivity index (χ4n) is 2.08. The Hall–Kier alpha value is -2.01. The molecule has 2 rings (SSSR count). The Balaban J connectivity index is 2.08. The van der Waals surface area contributed by atoms with Crippen LogP contribution in [0.5, 0.6) is 0 Å². The molecule has 0 bridgehead atoms. The van der Waals surface area contributed by atoms with E-state index in [1.165, 1.54) is 0 Å². The van der Waals surface area contributed by atoms with Crippen LogP contribution in [0.4, 0.5) is 0 Å². The molecular formula is C15H20N2O3. The number of hydrogen-bond acceptors (Lipinski definition) is 4. The second-order valence-corrected chi connectivity index (χ2v) is 4.83. The molecule has 0 aliphatic carbocycles.